The lowest BCUT2D eigenvalue weighted by molar-refractivity contribution is -0.160. The highest BCUT2D eigenvalue weighted by atomic mass is 16.5. The van der Waals surface area contributed by atoms with Crippen molar-refractivity contribution in [2.45, 2.75) is 57.8 Å². The molecule has 1 saturated heterocycles. The maximum Gasteiger partial charge on any atom is 0.308 e. The molecule has 1 aliphatic rings. The molecule has 0 unspecified atom stereocenters. The van der Waals surface area contributed by atoms with Crippen LogP contribution in [0.2, 0.25) is 0 Å². The molecule has 5 nitrogen and oxygen atoms in total. The number of aliphatic hydroxyl groups excluding tert-OH is 1. The van der Waals surface area contributed by atoms with Crippen molar-refractivity contribution < 1.29 is 14.6 Å². The molecule has 22 heavy (non-hydrogen) atoms. The lowest BCUT2D eigenvalue weighted by atomic mass is 10.0. The van der Waals surface area contributed by atoms with E-state index in [2.05, 4.69) is 24.5 Å². The van der Waals surface area contributed by atoms with Crippen molar-refractivity contribution in [1.29, 1.82) is 0 Å². The predicted molar refractivity (Wildman–Crippen MR) is 83.6 cm³/mol. The van der Waals surface area contributed by atoms with Gasteiger partial charge in [0, 0.05) is 25.3 Å². The third kappa shape index (κ3) is 2.99. The van der Waals surface area contributed by atoms with Crippen molar-refractivity contribution in [1.82, 2.24) is 9.55 Å². The smallest absolute Gasteiger partial charge is 0.308 e. The molecule has 2 atom stereocenters. The van der Waals surface area contributed by atoms with Crippen molar-refractivity contribution in [3.8, 4) is 0 Å². The predicted octanol–water partition coefficient (Wildman–Crippen LogP) is 2.62. The molecule has 118 valence electrons. The zero-order chi connectivity index (χ0) is 15.7. The van der Waals surface area contributed by atoms with E-state index in [-0.39, 0.29) is 18.5 Å². The topological polar surface area (TPSA) is 64.3 Å². The summed E-state index contributed by atoms with van der Waals surface area (Å²) in [5.41, 5.74) is 2.10. The van der Waals surface area contributed by atoms with Crippen LogP contribution in [0.3, 0.4) is 0 Å². The molecule has 2 heterocycles. The number of hydrogen-bond acceptors (Lipinski definition) is 4. The summed E-state index contributed by atoms with van der Waals surface area (Å²) in [5, 5.41) is 9.70. The van der Waals surface area contributed by atoms with Crippen LogP contribution in [0.4, 0.5) is 0 Å². The highest BCUT2D eigenvalue weighted by molar-refractivity contribution is 5.76. The van der Waals surface area contributed by atoms with E-state index in [1.165, 1.54) is 0 Å². The van der Waals surface area contributed by atoms with E-state index in [0.717, 1.165) is 23.4 Å². The van der Waals surface area contributed by atoms with E-state index in [1.807, 2.05) is 18.2 Å². The fourth-order valence-corrected chi connectivity index (χ4v) is 3.08. The van der Waals surface area contributed by atoms with Gasteiger partial charge in [0.05, 0.1) is 23.6 Å². The molecule has 2 aromatic rings. The summed E-state index contributed by atoms with van der Waals surface area (Å²) in [6, 6.07) is 8.08. The monoisotopic (exact) mass is 302 g/mol. The Morgan fingerprint density at radius 2 is 2.18 bits per heavy atom. The zero-order valence-electron chi connectivity index (χ0n) is 13.0. The van der Waals surface area contributed by atoms with Crippen molar-refractivity contribution in [2.24, 2.45) is 0 Å². The van der Waals surface area contributed by atoms with Gasteiger partial charge in [0.25, 0.3) is 0 Å². The molecule has 1 aromatic carbocycles. The molecule has 0 bridgehead atoms. The first kappa shape index (κ1) is 15.0. The van der Waals surface area contributed by atoms with E-state index in [4.69, 9.17) is 9.72 Å². The zero-order valence-corrected chi connectivity index (χ0v) is 13.0. The minimum atomic E-state index is -0.574. The van der Waals surface area contributed by atoms with Crippen LogP contribution >= 0.6 is 0 Å². The Hall–Kier alpha value is -1.88. The summed E-state index contributed by atoms with van der Waals surface area (Å²) >= 11 is 0. The molecule has 1 N–H and O–H groups in total. The third-order valence-corrected chi connectivity index (χ3v) is 4.11. The first-order valence-corrected chi connectivity index (χ1v) is 7.87. The Morgan fingerprint density at radius 1 is 1.41 bits per heavy atom. The fourth-order valence-electron chi connectivity index (χ4n) is 3.08. The van der Waals surface area contributed by atoms with Gasteiger partial charge >= 0.3 is 5.97 Å². The van der Waals surface area contributed by atoms with E-state index >= 15 is 0 Å². The van der Waals surface area contributed by atoms with Gasteiger partial charge in [0.1, 0.15) is 11.9 Å². The van der Waals surface area contributed by atoms with Crippen LogP contribution in [0.25, 0.3) is 11.0 Å². The fraction of sp³-hybridized carbons (Fsp3) is 0.529. The number of rotatable bonds is 4. The van der Waals surface area contributed by atoms with Crippen LogP contribution in [0.5, 0.6) is 0 Å². The van der Waals surface area contributed by atoms with Crippen molar-refractivity contribution >= 4 is 17.0 Å². The van der Waals surface area contributed by atoms with E-state index in [9.17, 15) is 9.90 Å². The van der Waals surface area contributed by atoms with Gasteiger partial charge < -0.3 is 14.4 Å². The quantitative estimate of drug-likeness (QED) is 0.882. The third-order valence-electron chi connectivity index (χ3n) is 4.11. The number of aromatic nitrogens is 2. The maximum atomic E-state index is 11.4. The second-order valence-corrected chi connectivity index (χ2v) is 6.26. The molecular weight excluding hydrogens is 280 g/mol. The van der Waals surface area contributed by atoms with Gasteiger partial charge in [-0.3, -0.25) is 4.79 Å². The summed E-state index contributed by atoms with van der Waals surface area (Å²) in [6.07, 6.45) is 0.549. The Bertz CT molecular complexity index is 678. The standard InChI is InChI=1S/C17H22N2O3/c1-11(2)17-18-14-5-3-4-6-15(14)19(17)8-7-13-9-12(20)10-16(21)22-13/h3-6,11-13,20H,7-10H2,1-2H3/t12-,13-/m0/s1. The first-order valence-electron chi connectivity index (χ1n) is 7.87. The van der Waals surface area contributed by atoms with Crippen LogP contribution in [-0.4, -0.2) is 32.8 Å². The van der Waals surface area contributed by atoms with Gasteiger partial charge in [-0.1, -0.05) is 26.0 Å². The number of cyclic esters (lactones) is 1. The van der Waals surface area contributed by atoms with Crippen molar-refractivity contribution in [2.75, 3.05) is 0 Å². The molecule has 0 aliphatic carbocycles. The number of aliphatic hydroxyl groups is 1. The number of carbonyl (C=O) groups excluding carboxylic acids is 1. The Kier molecular flexibility index (Phi) is 4.16. The minimum Gasteiger partial charge on any atom is -0.462 e. The molecule has 0 spiro atoms. The number of fused-ring (bicyclic) bond motifs is 1. The van der Waals surface area contributed by atoms with Gasteiger partial charge in [0.2, 0.25) is 0 Å². The number of carbonyl (C=O) groups is 1. The van der Waals surface area contributed by atoms with Crippen molar-refractivity contribution in [3.63, 3.8) is 0 Å². The van der Waals surface area contributed by atoms with Crippen LogP contribution < -0.4 is 0 Å². The number of esters is 1. The number of imidazole rings is 1. The number of para-hydroxylation sites is 2. The lowest BCUT2D eigenvalue weighted by Gasteiger charge is -2.26. The number of hydrogen-bond donors (Lipinski definition) is 1. The maximum absolute atomic E-state index is 11.4. The summed E-state index contributed by atoms with van der Waals surface area (Å²) in [5.74, 6) is 1.07. The van der Waals surface area contributed by atoms with Crippen LogP contribution in [0.1, 0.15) is 44.9 Å². The van der Waals surface area contributed by atoms with Crippen LogP contribution in [0.15, 0.2) is 24.3 Å². The Labute approximate surface area is 129 Å². The summed E-state index contributed by atoms with van der Waals surface area (Å²) in [7, 11) is 0. The second kappa shape index (κ2) is 6.08. The van der Waals surface area contributed by atoms with E-state index < -0.39 is 6.10 Å². The second-order valence-electron chi connectivity index (χ2n) is 6.26. The molecule has 5 heteroatoms. The van der Waals surface area contributed by atoms with Gasteiger partial charge in [-0.15, -0.1) is 0 Å². The van der Waals surface area contributed by atoms with Crippen LogP contribution in [-0.2, 0) is 16.1 Å². The summed E-state index contributed by atoms with van der Waals surface area (Å²) < 4.78 is 7.54. The molecular formula is C17H22N2O3. The number of nitrogens with zero attached hydrogens (tertiary/aromatic N) is 2. The number of aryl methyl sites for hydroxylation is 1. The average molecular weight is 302 g/mol. The highest BCUT2D eigenvalue weighted by Gasteiger charge is 2.27. The number of benzene rings is 1. The molecule has 1 fully saturated rings. The SMILES string of the molecule is CC(C)c1nc2ccccc2n1CC[C@H]1C[C@H](O)CC(=O)O1. The van der Waals surface area contributed by atoms with E-state index in [0.29, 0.717) is 18.8 Å². The average Bonchev–Trinajstić information content (AvgIpc) is 2.83. The van der Waals surface area contributed by atoms with Gasteiger partial charge in [-0.2, -0.15) is 0 Å². The molecule has 3 rings (SSSR count). The van der Waals surface area contributed by atoms with Gasteiger partial charge in [-0.25, -0.2) is 4.98 Å². The van der Waals surface area contributed by atoms with Gasteiger partial charge in [-0.05, 0) is 12.1 Å². The van der Waals surface area contributed by atoms with Crippen molar-refractivity contribution in [3.05, 3.63) is 30.1 Å². The summed E-state index contributed by atoms with van der Waals surface area (Å²) in [6.45, 7) is 4.99. The Morgan fingerprint density at radius 3 is 2.91 bits per heavy atom. The molecule has 0 saturated carbocycles. The Balaban J connectivity index is 1.81. The highest BCUT2D eigenvalue weighted by Crippen LogP contribution is 2.24. The molecule has 0 radical (unpaired) electrons. The molecule has 1 aliphatic heterocycles. The lowest BCUT2D eigenvalue weighted by Crippen LogP contribution is -2.33. The molecule has 0 amide bonds. The molecule has 1 aromatic heterocycles. The largest absolute Gasteiger partial charge is 0.462 e. The van der Waals surface area contributed by atoms with Crippen LogP contribution in [0, 0.1) is 0 Å². The summed E-state index contributed by atoms with van der Waals surface area (Å²) in [4.78, 5) is 16.1. The minimum absolute atomic E-state index is 0.113. The van der Waals surface area contributed by atoms with E-state index in [1.54, 1.807) is 0 Å². The normalized spacial score (nSPS) is 22.3. The number of ether oxygens (including phenoxy) is 1. The first-order chi connectivity index (χ1) is 10.5. The van der Waals surface area contributed by atoms with Gasteiger partial charge in [0.15, 0.2) is 0 Å².